The lowest BCUT2D eigenvalue weighted by molar-refractivity contribution is -0.138. The highest BCUT2D eigenvalue weighted by Gasteiger charge is 2.21. The summed E-state index contributed by atoms with van der Waals surface area (Å²) in [6.07, 6.45) is 0.422. The first kappa shape index (κ1) is 16.9. The molecular weight excluding hydrogens is 319 g/mol. The average molecular weight is 337 g/mol. The van der Waals surface area contributed by atoms with Crippen LogP contribution in [0, 0.1) is 0 Å². The Labute approximate surface area is 140 Å². The molecule has 0 saturated heterocycles. The highest BCUT2D eigenvalue weighted by atomic mass is 35.5. The Kier molecular flexibility index (Phi) is 5.49. The lowest BCUT2D eigenvalue weighted by atomic mass is 9.91. The highest BCUT2D eigenvalue weighted by Crippen LogP contribution is 2.29. The van der Waals surface area contributed by atoms with Gasteiger partial charge in [0.05, 0.1) is 16.0 Å². The quantitative estimate of drug-likeness (QED) is 0.779. The van der Waals surface area contributed by atoms with Gasteiger partial charge in [0.25, 0.3) is 0 Å². The van der Waals surface area contributed by atoms with Gasteiger partial charge in [0.1, 0.15) is 0 Å². The zero-order chi connectivity index (χ0) is 16.3. The van der Waals surface area contributed by atoms with Crippen molar-refractivity contribution < 1.29 is 9.90 Å². The molecule has 1 atom stereocenters. The average Bonchev–Trinajstić information content (AvgIpc) is 2.48. The number of carbonyl (C=O) groups is 1. The van der Waals surface area contributed by atoms with Crippen molar-refractivity contribution in [2.45, 2.75) is 32.1 Å². The second-order valence-corrected chi connectivity index (χ2v) is 6.48. The summed E-state index contributed by atoms with van der Waals surface area (Å²) in [6.45, 7) is 4.26. The number of carboxylic acid groups (broad SMARTS) is 1. The molecule has 0 saturated carbocycles. The first-order valence-electron chi connectivity index (χ1n) is 7.15. The molecule has 0 aliphatic heterocycles. The van der Waals surface area contributed by atoms with Gasteiger partial charge >= 0.3 is 5.97 Å². The fraction of sp³-hybridized carbons (Fsp3) is 0.278. The molecule has 0 aliphatic rings. The van der Waals surface area contributed by atoms with Gasteiger partial charge in [-0.2, -0.15) is 0 Å². The van der Waals surface area contributed by atoms with Gasteiger partial charge in [-0.3, -0.25) is 4.79 Å². The SMILES string of the molecule is CC(C)c1ccc(CC(C(=O)O)c2ccc(Cl)c(Cl)c2)cc1. The summed E-state index contributed by atoms with van der Waals surface area (Å²) < 4.78 is 0. The van der Waals surface area contributed by atoms with Crippen LogP contribution in [-0.4, -0.2) is 11.1 Å². The maximum absolute atomic E-state index is 11.6. The van der Waals surface area contributed by atoms with Gasteiger partial charge in [-0.05, 0) is 41.2 Å². The Morgan fingerprint density at radius 2 is 1.59 bits per heavy atom. The number of benzene rings is 2. The second-order valence-electron chi connectivity index (χ2n) is 5.66. The molecule has 0 aromatic heterocycles. The molecule has 22 heavy (non-hydrogen) atoms. The predicted molar refractivity (Wildman–Crippen MR) is 91.1 cm³/mol. The van der Waals surface area contributed by atoms with Gasteiger partial charge < -0.3 is 5.11 Å². The predicted octanol–water partition coefficient (Wildman–Crippen LogP) is 5.53. The first-order valence-corrected chi connectivity index (χ1v) is 7.90. The Balaban J connectivity index is 2.25. The third-order valence-electron chi connectivity index (χ3n) is 3.73. The molecule has 0 heterocycles. The summed E-state index contributed by atoms with van der Waals surface area (Å²) in [5.41, 5.74) is 2.89. The standard InChI is InChI=1S/C18H18Cl2O2/c1-11(2)13-5-3-12(4-6-13)9-15(18(21)22)14-7-8-16(19)17(20)10-14/h3-8,10-11,15H,9H2,1-2H3,(H,21,22). The molecule has 0 spiro atoms. The third-order valence-corrected chi connectivity index (χ3v) is 4.47. The van der Waals surface area contributed by atoms with E-state index in [-0.39, 0.29) is 0 Å². The van der Waals surface area contributed by atoms with Crippen LogP contribution in [0.3, 0.4) is 0 Å². The largest absolute Gasteiger partial charge is 0.481 e. The molecule has 1 N–H and O–H groups in total. The molecule has 2 aromatic rings. The smallest absolute Gasteiger partial charge is 0.311 e. The Hall–Kier alpha value is -1.51. The molecule has 2 nitrogen and oxygen atoms in total. The minimum absolute atomic E-state index is 0.376. The lowest BCUT2D eigenvalue weighted by Gasteiger charge is -2.14. The molecule has 116 valence electrons. The van der Waals surface area contributed by atoms with Crippen LogP contribution in [0.2, 0.25) is 10.0 Å². The number of halogens is 2. The zero-order valence-electron chi connectivity index (χ0n) is 12.5. The number of hydrogen-bond donors (Lipinski definition) is 1. The monoisotopic (exact) mass is 336 g/mol. The van der Waals surface area contributed by atoms with E-state index < -0.39 is 11.9 Å². The number of hydrogen-bond acceptors (Lipinski definition) is 1. The molecule has 0 fully saturated rings. The van der Waals surface area contributed by atoms with Gasteiger partial charge in [0.15, 0.2) is 0 Å². The van der Waals surface area contributed by atoms with E-state index in [1.165, 1.54) is 5.56 Å². The van der Waals surface area contributed by atoms with Gasteiger partial charge in [0, 0.05) is 0 Å². The van der Waals surface area contributed by atoms with Gasteiger partial charge in [0.2, 0.25) is 0 Å². The van der Waals surface area contributed by atoms with E-state index in [4.69, 9.17) is 23.2 Å². The summed E-state index contributed by atoms with van der Waals surface area (Å²) in [6, 6.07) is 13.1. The van der Waals surface area contributed by atoms with E-state index in [1.54, 1.807) is 18.2 Å². The van der Waals surface area contributed by atoms with Crippen LogP contribution >= 0.6 is 23.2 Å². The lowest BCUT2D eigenvalue weighted by Crippen LogP contribution is -2.14. The van der Waals surface area contributed by atoms with Gasteiger partial charge in [-0.1, -0.05) is 67.4 Å². The minimum atomic E-state index is -0.869. The molecular formula is C18H18Cl2O2. The molecule has 0 aliphatic carbocycles. The molecule has 2 rings (SSSR count). The summed E-state index contributed by atoms with van der Waals surface area (Å²) >= 11 is 11.9. The third kappa shape index (κ3) is 4.02. The van der Waals surface area contributed by atoms with Crippen LogP contribution in [0.4, 0.5) is 0 Å². The van der Waals surface area contributed by atoms with Crippen LogP contribution in [0.1, 0.15) is 42.4 Å². The first-order chi connectivity index (χ1) is 10.4. The highest BCUT2D eigenvalue weighted by molar-refractivity contribution is 6.42. The van der Waals surface area contributed by atoms with Crippen molar-refractivity contribution >= 4 is 29.2 Å². The van der Waals surface area contributed by atoms with Crippen molar-refractivity contribution in [3.05, 3.63) is 69.2 Å². The Morgan fingerprint density at radius 1 is 1.00 bits per heavy atom. The maximum atomic E-state index is 11.6. The molecule has 1 unspecified atom stereocenters. The fourth-order valence-electron chi connectivity index (χ4n) is 2.35. The van der Waals surface area contributed by atoms with E-state index in [1.807, 2.05) is 24.3 Å². The fourth-order valence-corrected chi connectivity index (χ4v) is 2.66. The van der Waals surface area contributed by atoms with E-state index in [0.29, 0.717) is 27.9 Å². The van der Waals surface area contributed by atoms with E-state index in [2.05, 4.69) is 13.8 Å². The van der Waals surface area contributed by atoms with Crippen LogP contribution in [0.5, 0.6) is 0 Å². The van der Waals surface area contributed by atoms with Gasteiger partial charge in [-0.15, -0.1) is 0 Å². The van der Waals surface area contributed by atoms with E-state index in [9.17, 15) is 9.90 Å². The molecule has 0 amide bonds. The normalized spacial score (nSPS) is 12.4. The summed E-state index contributed by atoms with van der Waals surface area (Å²) in [7, 11) is 0. The van der Waals surface area contributed by atoms with Crippen LogP contribution in [0.25, 0.3) is 0 Å². The van der Waals surface area contributed by atoms with Crippen molar-refractivity contribution in [3.8, 4) is 0 Å². The van der Waals surface area contributed by atoms with E-state index in [0.717, 1.165) is 5.56 Å². The minimum Gasteiger partial charge on any atom is -0.481 e. The van der Waals surface area contributed by atoms with Gasteiger partial charge in [-0.25, -0.2) is 0 Å². The zero-order valence-corrected chi connectivity index (χ0v) is 14.0. The van der Waals surface area contributed by atoms with Crippen LogP contribution < -0.4 is 0 Å². The van der Waals surface area contributed by atoms with Crippen molar-refractivity contribution in [3.63, 3.8) is 0 Å². The van der Waals surface area contributed by atoms with Crippen molar-refractivity contribution in [2.75, 3.05) is 0 Å². The van der Waals surface area contributed by atoms with Crippen molar-refractivity contribution in [1.82, 2.24) is 0 Å². The number of carboxylic acids is 1. The molecule has 0 radical (unpaired) electrons. The maximum Gasteiger partial charge on any atom is 0.311 e. The summed E-state index contributed by atoms with van der Waals surface area (Å²) in [4.78, 5) is 11.6. The van der Waals surface area contributed by atoms with Crippen LogP contribution in [0.15, 0.2) is 42.5 Å². The van der Waals surface area contributed by atoms with Crippen LogP contribution in [-0.2, 0) is 11.2 Å². The molecule has 4 heteroatoms. The Morgan fingerprint density at radius 3 is 2.09 bits per heavy atom. The number of rotatable bonds is 5. The number of aliphatic carboxylic acids is 1. The topological polar surface area (TPSA) is 37.3 Å². The Bertz CT molecular complexity index is 663. The van der Waals surface area contributed by atoms with E-state index >= 15 is 0 Å². The van der Waals surface area contributed by atoms with Crippen molar-refractivity contribution in [2.24, 2.45) is 0 Å². The summed E-state index contributed by atoms with van der Waals surface area (Å²) in [5.74, 6) is -1.05. The second kappa shape index (κ2) is 7.17. The van der Waals surface area contributed by atoms with Crippen molar-refractivity contribution in [1.29, 1.82) is 0 Å². The summed E-state index contributed by atoms with van der Waals surface area (Å²) in [5, 5.41) is 10.3. The molecule has 2 aromatic carbocycles. The molecule has 0 bridgehead atoms.